The number of aliphatic hydroxyl groups is 2. The van der Waals surface area contributed by atoms with Crippen molar-refractivity contribution in [1.82, 2.24) is 14.9 Å². The van der Waals surface area contributed by atoms with Gasteiger partial charge in [0.15, 0.2) is 11.6 Å². The highest BCUT2D eigenvalue weighted by molar-refractivity contribution is 6.36. The number of fused-ring (bicyclic) bond motifs is 2. The average molecular weight is 451 g/mol. The van der Waals surface area contributed by atoms with Gasteiger partial charge in [0.1, 0.15) is 29.7 Å². The van der Waals surface area contributed by atoms with Crippen molar-refractivity contribution in [1.29, 1.82) is 0 Å². The molecule has 5 N–H and O–H groups in total. The quantitative estimate of drug-likeness (QED) is 0.488. The molecule has 1 saturated carbocycles. The molecule has 0 bridgehead atoms. The Morgan fingerprint density at radius 3 is 2.87 bits per heavy atom. The highest BCUT2D eigenvalue weighted by atomic mass is 35.5. The number of hydrogen-bond acceptors (Lipinski definition) is 6. The number of nitrogens with two attached hydrogens (primary N) is 1. The van der Waals surface area contributed by atoms with Gasteiger partial charge >= 0.3 is 0 Å². The molecule has 1 aliphatic heterocycles. The van der Waals surface area contributed by atoms with E-state index < -0.39 is 36.0 Å². The lowest BCUT2D eigenvalue weighted by Crippen LogP contribution is -2.35. The Morgan fingerprint density at radius 1 is 1.26 bits per heavy atom. The second-order valence-electron chi connectivity index (χ2n) is 7.98. The predicted octanol–water partition coefficient (Wildman–Crippen LogP) is 2.31. The lowest BCUT2D eigenvalue weighted by atomic mass is 9.99. The molecule has 3 aromatic rings. The van der Waals surface area contributed by atoms with E-state index in [-0.39, 0.29) is 17.7 Å². The first-order valence-corrected chi connectivity index (χ1v) is 10.4. The van der Waals surface area contributed by atoms with Crippen LogP contribution in [0.2, 0.25) is 5.02 Å². The smallest absolute Gasteiger partial charge is 0.162 e. The highest BCUT2D eigenvalue weighted by Gasteiger charge is 2.45. The van der Waals surface area contributed by atoms with Crippen molar-refractivity contribution < 1.29 is 23.7 Å². The molecular formula is C21H21ClF2N4O3. The fraction of sp³-hybridized carbons (Fsp3) is 0.381. The van der Waals surface area contributed by atoms with Gasteiger partial charge in [0, 0.05) is 48.2 Å². The van der Waals surface area contributed by atoms with Crippen molar-refractivity contribution in [2.75, 3.05) is 12.3 Å². The largest absolute Gasteiger partial charge is 0.487 e. The van der Waals surface area contributed by atoms with Gasteiger partial charge in [-0.1, -0.05) is 11.6 Å². The lowest BCUT2D eigenvalue weighted by Gasteiger charge is -2.25. The second-order valence-corrected chi connectivity index (χ2v) is 8.39. The number of halogens is 3. The molecule has 3 heterocycles. The van der Waals surface area contributed by atoms with Crippen LogP contribution in [-0.4, -0.2) is 44.6 Å². The number of anilines is 1. The maximum Gasteiger partial charge on any atom is 0.162 e. The van der Waals surface area contributed by atoms with E-state index >= 15 is 0 Å². The SMILES string of the molecule is Nc1ccnc2c1c(Cl)cn2C1CC(Oc2cc(F)c(F)c3c2CNCC3)[C@@H](O)[C@H]1O. The molecule has 1 aromatic carbocycles. The zero-order valence-electron chi connectivity index (χ0n) is 16.4. The number of hydrogen-bond donors (Lipinski definition) is 4. The van der Waals surface area contributed by atoms with E-state index in [0.717, 1.165) is 6.07 Å². The summed E-state index contributed by atoms with van der Waals surface area (Å²) in [5.41, 5.74) is 7.75. The zero-order valence-corrected chi connectivity index (χ0v) is 17.1. The predicted molar refractivity (Wildman–Crippen MR) is 111 cm³/mol. The first-order chi connectivity index (χ1) is 14.9. The Bertz CT molecular complexity index is 1170. The number of nitrogens with zero attached hydrogens (tertiary/aromatic N) is 2. The van der Waals surface area contributed by atoms with E-state index in [1.165, 1.54) is 6.20 Å². The molecule has 5 rings (SSSR count). The Balaban J connectivity index is 1.48. The molecule has 1 fully saturated rings. The Hall–Kier alpha value is -2.46. The normalized spacial score (nSPS) is 25.7. The molecule has 2 aliphatic rings. The van der Waals surface area contributed by atoms with Crippen LogP contribution in [0.25, 0.3) is 11.0 Å². The third-order valence-corrected chi connectivity index (χ3v) is 6.47. The molecule has 0 amide bonds. The van der Waals surface area contributed by atoms with E-state index in [1.54, 1.807) is 16.8 Å². The van der Waals surface area contributed by atoms with Gasteiger partial charge in [-0.25, -0.2) is 13.8 Å². The fourth-order valence-corrected chi connectivity index (χ4v) is 4.91. The summed E-state index contributed by atoms with van der Waals surface area (Å²) >= 11 is 6.32. The van der Waals surface area contributed by atoms with Crippen molar-refractivity contribution in [3.63, 3.8) is 0 Å². The van der Waals surface area contributed by atoms with Gasteiger partial charge in [0.2, 0.25) is 0 Å². The van der Waals surface area contributed by atoms with Gasteiger partial charge in [-0.05, 0) is 19.0 Å². The van der Waals surface area contributed by atoms with Gasteiger partial charge in [-0.15, -0.1) is 0 Å². The second kappa shape index (κ2) is 7.59. The van der Waals surface area contributed by atoms with Crippen LogP contribution < -0.4 is 15.8 Å². The minimum atomic E-state index is -1.25. The summed E-state index contributed by atoms with van der Waals surface area (Å²) in [4.78, 5) is 4.32. The van der Waals surface area contributed by atoms with E-state index in [4.69, 9.17) is 22.1 Å². The standard InChI is InChI=1S/C21H21ClF2N4O3/c22-11-8-28(21-17(11)13(25)2-4-27-21)14-6-16(20(30)19(14)29)31-15-5-12(23)18(24)9-1-3-26-7-10(9)15/h2,4-5,8,14,16,19-20,26,29-30H,1,3,6-7H2,(H2,25,27)/t14?,16?,19-,20+/m0/s1. The van der Waals surface area contributed by atoms with Gasteiger partial charge < -0.3 is 30.6 Å². The summed E-state index contributed by atoms with van der Waals surface area (Å²) in [7, 11) is 0. The number of benzene rings is 1. The zero-order chi connectivity index (χ0) is 21.9. The summed E-state index contributed by atoms with van der Waals surface area (Å²) in [6.07, 6.45) is 0.433. The van der Waals surface area contributed by atoms with Crippen LogP contribution >= 0.6 is 11.6 Å². The number of aliphatic hydroxyl groups excluding tert-OH is 2. The van der Waals surface area contributed by atoms with Crippen molar-refractivity contribution in [3.8, 4) is 5.75 Å². The Labute approximate surface area is 181 Å². The third kappa shape index (κ3) is 3.23. The topological polar surface area (TPSA) is 106 Å². The number of rotatable bonds is 3. The molecule has 164 valence electrons. The monoisotopic (exact) mass is 450 g/mol. The van der Waals surface area contributed by atoms with Crippen molar-refractivity contribution >= 4 is 28.3 Å². The van der Waals surface area contributed by atoms with Crippen LogP contribution in [0, 0.1) is 11.6 Å². The third-order valence-electron chi connectivity index (χ3n) is 6.18. The minimum Gasteiger partial charge on any atom is -0.487 e. The van der Waals surface area contributed by atoms with Gasteiger partial charge in [-0.2, -0.15) is 0 Å². The summed E-state index contributed by atoms with van der Waals surface area (Å²) in [6, 6.07) is 2.03. The van der Waals surface area contributed by atoms with E-state index in [0.29, 0.717) is 46.8 Å². The first-order valence-electron chi connectivity index (χ1n) is 10.0. The molecule has 7 nitrogen and oxygen atoms in total. The Morgan fingerprint density at radius 2 is 2.06 bits per heavy atom. The number of pyridine rings is 1. The van der Waals surface area contributed by atoms with Gasteiger partial charge in [0.25, 0.3) is 0 Å². The summed E-state index contributed by atoms with van der Waals surface area (Å²) in [5, 5.41) is 25.5. The molecular weight excluding hydrogens is 430 g/mol. The lowest BCUT2D eigenvalue weighted by molar-refractivity contribution is -0.0167. The number of ether oxygens (including phenoxy) is 1. The molecule has 0 saturated heterocycles. The number of nitrogen functional groups attached to an aromatic ring is 1. The number of aromatic nitrogens is 2. The van der Waals surface area contributed by atoms with Crippen LogP contribution in [0.4, 0.5) is 14.5 Å². The average Bonchev–Trinajstić information content (AvgIpc) is 3.24. The van der Waals surface area contributed by atoms with E-state index in [2.05, 4.69) is 10.3 Å². The Kier molecular flexibility index (Phi) is 5.01. The molecule has 4 atom stereocenters. The fourth-order valence-electron chi connectivity index (χ4n) is 4.61. The first kappa shape index (κ1) is 20.4. The maximum absolute atomic E-state index is 14.2. The summed E-state index contributed by atoms with van der Waals surface area (Å²) in [5.74, 6) is -1.70. The van der Waals surface area contributed by atoms with E-state index in [9.17, 15) is 19.0 Å². The molecule has 0 radical (unpaired) electrons. The minimum absolute atomic E-state index is 0.163. The molecule has 2 aromatic heterocycles. The molecule has 10 heteroatoms. The number of nitrogens with one attached hydrogen (secondary N) is 1. The van der Waals surface area contributed by atoms with Gasteiger partial charge in [0.05, 0.1) is 16.5 Å². The molecule has 31 heavy (non-hydrogen) atoms. The van der Waals surface area contributed by atoms with Crippen molar-refractivity contribution in [3.05, 3.63) is 52.3 Å². The van der Waals surface area contributed by atoms with Crippen molar-refractivity contribution in [2.45, 2.75) is 43.7 Å². The molecule has 2 unspecified atom stereocenters. The summed E-state index contributed by atoms with van der Waals surface area (Å²) in [6.45, 7) is 0.870. The van der Waals surface area contributed by atoms with Crippen molar-refractivity contribution in [2.24, 2.45) is 0 Å². The van der Waals surface area contributed by atoms with Crippen LogP contribution in [0.5, 0.6) is 5.75 Å². The highest BCUT2D eigenvalue weighted by Crippen LogP contribution is 2.40. The van der Waals surface area contributed by atoms with Crippen LogP contribution in [0.1, 0.15) is 23.6 Å². The van der Waals surface area contributed by atoms with Gasteiger partial charge in [-0.3, -0.25) is 0 Å². The summed E-state index contributed by atoms with van der Waals surface area (Å²) < 4.78 is 36.0. The van der Waals surface area contributed by atoms with Crippen LogP contribution in [0.3, 0.4) is 0 Å². The van der Waals surface area contributed by atoms with Crippen LogP contribution in [-0.2, 0) is 13.0 Å². The van der Waals surface area contributed by atoms with E-state index in [1.807, 2.05) is 0 Å². The molecule has 1 aliphatic carbocycles. The maximum atomic E-state index is 14.2. The van der Waals surface area contributed by atoms with Crippen LogP contribution in [0.15, 0.2) is 24.5 Å². The molecule has 0 spiro atoms.